The molecule has 0 spiro atoms. The number of likely N-dealkylation sites (N-methyl/N-ethyl adjacent to an activating group) is 1. The first-order chi connectivity index (χ1) is 8.22. The van der Waals surface area contributed by atoms with Crippen LogP contribution in [0.25, 0.3) is 0 Å². The number of carbonyl (C=O) groups is 1. The minimum atomic E-state index is 0.117. The summed E-state index contributed by atoms with van der Waals surface area (Å²) in [5.41, 5.74) is 2.19. The lowest BCUT2D eigenvalue weighted by molar-refractivity contribution is 0.221. The molecular weight excluding hydrogens is 214 g/mol. The van der Waals surface area contributed by atoms with Crippen molar-refractivity contribution in [2.24, 2.45) is 0 Å². The van der Waals surface area contributed by atoms with Crippen LogP contribution in [0.3, 0.4) is 0 Å². The van der Waals surface area contributed by atoms with Crippen molar-refractivity contribution in [3.05, 3.63) is 29.8 Å². The first kappa shape index (κ1) is 11.9. The Morgan fingerprint density at radius 2 is 2.18 bits per heavy atom. The summed E-state index contributed by atoms with van der Waals surface area (Å²) in [6.07, 6.45) is 0. The number of anilines is 1. The zero-order valence-corrected chi connectivity index (χ0v) is 10.4. The predicted octanol–water partition coefficient (Wildman–Crippen LogP) is 1.46. The third kappa shape index (κ3) is 2.58. The molecule has 0 bridgehead atoms. The third-order valence-electron chi connectivity index (χ3n) is 3.04. The van der Waals surface area contributed by atoms with Crippen molar-refractivity contribution in [2.75, 3.05) is 38.1 Å². The number of aryl methyl sites for hydroxylation is 1. The molecule has 4 heteroatoms. The van der Waals surface area contributed by atoms with Gasteiger partial charge in [-0.05, 0) is 31.7 Å². The molecule has 0 unspecified atom stereocenters. The number of benzene rings is 1. The summed E-state index contributed by atoms with van der Waals surface area (Å²) in [5.74, 6) is 0. The van der Waals surface area contributed by atoms with Crippen molar-refractivity contribution in [1.82, 2.24) is 10.2 Å². The Kier molecular flexibility index (Phi) is 3.64. The average Bonchev–Trinajstić information content (AvgIpc) is 2.68. The van der Waals surface area contributed by atoms with Crippen molar-refractivity contribution in [2.45, 2.75) is 6.92 Å². The van der Waals surface area contributed by atoms with Crippen LogP contribution in [0.2, 0.25) is 0 Å². The highest BCUT2D eigenvalue weighted by molar-refractivity contribution is 5.94. The average molecular weight is 233 g/mol. The van der Waals surface area contributed by atoms with Crippen LogP contribution in [0, 0.1) is 6.92 Å². The molecule has 0 saturated carbocycles. The van der Waals surface area contributed by atoms with Crippen LogP contribution in [0.15, 0.2) is 24.3 Å². The molecule has 4 nitrogen and oxygen atoms in total. The molecule has 92 valence electrons. The minimum absolute atomic E-state index is 0.117. The number of nitrogens with zero attached hydrogens (tertiary/aromatic N) is 2. The quantitative estimate of drug-likeness (QED) is 0.854. The Morgan fingerprint density at radius 3 is 2.88 bits per heavy atom. The SMILES string of the molecule is CNCCN1CCN(c2cccc(C)c2)C1=O. The lowest BCUT2D eigenvalue weighted by Crippen LogP contribution is -2.35. The van der Waals surface area contributed by atoms with Crippen molar-refractivity contribution < 1.29 is 4.79 Å². The maximum atomic E-state index is 12.1. The molecule has 1 aromatic rings. The van der Waals surface area contributed by atoms with Gasteiger partial charge in [0.25, 0.3) is 0 Å². The Balaban J connectivity index is 2.07. The Labute approximate surface area is 102 Å². The van der Waals surface area contributed by atoms with Gasteiger partial charge in [0.15, 0.2) is 0 Å². The van der Waals surface area contributed by atoms with Crippen LogP contribution in [-0.2, 0) is 0 Å². The summed E-state index contributed by atoms with van der Waals surface area (Å²) in [5, 5.41) is 3.07. The minimum Gasteiger partial charge on any atom is -0.321 e. The van der Waals surface area contributed by atoms with Crippen LogP contribution >= 0.6 is 0 Å². The van der Waals surface area contributed by atoms with E-state index in [2.05, 4.69) is 11.4 Å². The lowest BCUT2D eigenvalue weighted by atomic mass is 10.2. The first-order valence-electron chi connectivity index (χ1n) is 6.00. The predicted molar refractivity (Wildman–Crippen MR) is 69.4 cm³/mol. The zero-order valence-electron chi connectivity index (χ0n) is 10.4. The molecule has 1 saturated heterocycles. The van der Waals surface area contributed by atoms with E-state index in [1.807, 2.05) is 42.0 Å². The summed E-state index contributed by atoms with van der Waals surface area (Å²) in [7, 11) is 1.90. The zero-order chi connectivity index (χ0) is 12.3. The van der Waals surface area contributed by atoms with Crippen molar-refractivity contribution in [3.8, 4) is 0 Å². The van der Waals surface area contributed by atoms with Crippen molar-refractivity contribution in [1.29, 1.82) is 0 Å². The van der Waals surface area contributed by atoms with E-state index in [9.17, 15) is 4.79 Å². The van der Waals surface area contributed by atoms with Gasteiger partial charge < -0.3 is 10.2 Å². The maximum Gasteiger partial charge on any atom is 0.324 e. The van der Waals surface area contributed by atoms with E-state index < -0.39 is 0 Å². The first-order valence-corrected chi connectivity index (χ1v) is 6.00. The molecule has 0 radical (unpaired) electrons. The number of hydrogen-bond acceptors (Lipinski definition) is 2. The van der Waals surface area contributed by atoms with E-state index in [1.54, 1.807) is 0 Å². The number of amides is 2. The highest BCUT2D eigenvalue weighted by atomic mass is 16.2. The maximum absolute atomic E-state index is 12.1. The lowest BCUT2D eigenvalue weighted by Gasteiger charge is -2.18. The molecule has 17 heavy (non-hydrogen) atoms. The van der Waals surface area contributed by atoms with Gasteiger partial charge in [-0.1, -0.05) is 12.1 Å². The highest BCUT2D eigenvalue weighted by Gasteiger charge is 2.28. The van der Waals surface area contributed by atoms with E-state index in [4.69, 9.17) is 0 Å². The summed E-state index contributed by atoms with van der Waals surface area (Å²) in [6.45, 7) is 5.26. The molecular formula is C13H19N3O. The number of hydrogen-bond donors (Lipinski definition) is 1. The molecule has 1 N–H and O–H groups in total. The fourth-order valence-electron chi connectivity index (χ4n) is 2.07. The number of carbonyl (C=O) groups excluding carboxylic acids is 1. The molecule has 1 aliphatic heterocycles. The van der Waals surface area contributed by atoms with E-state index in [0.717, 1.165) is 31.9 Å². The Hall–Kier alpha value is -1.55. The molecule has 1 aliphatic rings. The molecule has 2 rings (SSSR count). The van der Waals surface area contributed by atoms with Gasteiger partial charge in [-0.2, -0.15) is 0 Å². The molecule has 2 amide bonds. The van der Waals surface area contributed by atoms with Gasteiger partial charge >= 0.3 is 6.03 Å². The van der Waals surface area contributed by atoms with Gasteiger partial charge in [0.1, 0.15) is 0 Å². The van der Waals surface area contributed by atoms with Gasteiger partial charge in [-0.15, -0.1) is 0 Å². The fraction of sp³-hybridized carbons (Fsp3) is 0.462. The molecule has 1 fully saturated rings. The number of urea groups is 1. The molecule has 0 aromatic heterocycles. The van der Waals surface area contributed by atoms with Gasteiger partial charge in [0, 0.05) is 31.9 Å². The Bertz CT molecular complexity index is 405. The molecule has 0 atom stereocenters. The largest absolute Gasteiger partial charge is 0.324 e. The van der Waals surface area contributed by atoms with Gasteiger partial charge in [-0.3, -0.25) is 4.90 Å². The van der Waals surface area contributed by atoms with Gasteiger partial charge in [0.05, 0.1) is 0 Å². The monoisotopic (exact) mass is 233 g/mol. The summed E-state index contributed by atoms with van der Waals surface area (Å²) in [6, 6.07) is 8.20. The summed E-state index contributed by atoms with van der Waals surface area (Å²) >= 11 is 0. The fourth-order valence-corrected chi connectivity index (χ4v) is 2.07. The van der Waals surface area contributed by atoms with Crippen LogP contribution in [0.4, 0.5) is 10.5 Å². The second-order valence-electron chi connectivity index (χ2n) is 4.36. The van der Waals surface area contributed by atoms with Crippen LogP contribution in [0.1, 0.15) is 5.56 Å². The standard InChI is InChI=1S/C13H19N3O/c1-11-4-3-5-12(10-11)16-9-8-15(13(16)17)7-6-14-2/h3-5,10,14H,6-9H2,1-2H3. The van der Waals surface area contributed by atoms with Crippen molar-refractivity contribution in [3.63, 3.8) is 0 Å². The van der Waals surface area contributed by atoms with Crippen LogP contribution < -0.4 is 10.2 Å². The highest BCUT2D eigenvalue weighted by Crippen LogP contribution is 2.20. The topological polar surface area (TPSA) is 35.6 Å². The van der Waals surface area contributed by atoms with E-state index in [0.29, 0.717) is 0 Å². The van der Waals surface area contributed by atoms with Crippen molar-refractivity contribution >= 4 is 11.7 Å². The van der Waals surface area contributed by atoms with E-state index in [1.165, 1.54) is 5.56 Å². The van der Waals surface area contributed by atoms with Crippen LogP contribution in [-0.4, -0.2) is 44.2 Å². The second kappa shape index (κ2) is 5.19. The normalized spacial score (nSPS) is 15.8. The molecule has 0 aliphatic carbocycles. The molecule has 1 aromatic carbocycles. The smallest absolute Gasteiger partial charge is 0.321 e. The van der Waals surface area contributed by atoms with Crippen LogP contribution in [0.5, 0.6) is 0 Å². The molecule has 1 heterocycles. The van der Waals surface area contributed by atoms with Gasteiger partial charge in [-0.25, -0.2) is 4.79 Å². The number of nitrogens with one attached hydrogen (secondary N) is 1. The van der Waals surface area contributed by atoms with E-state index >= 15 is 0 Å². The summed E-state index contributed by atoms with van der Waals surface area (Å²) in [4.78, 5) is 15.9. The third-order valence-corrected chi connectivity index (χ3v) is 3.04. The second-order valence-corrected chi connectivity index (χ2v) is 4.36. The summed E-state index contributed by atoms with van der Waals surface area (Å²) < 4.78 is 0. The van der Waals surface area contributed by atoms with E-state index in [-0.39, 0.29) is 6.03 Å². The van der Waals surface area contributed by atoms with Gasteiger partial charge in [0.2, 0.25) is 0 Å². The Morgan fingerprint density at radius 1 is 1.35 bits per heavy atom. The number of rotatable bonds is 4.